The van der Waals surface area contributed by atoms with Crippen molar-refractivity contribution in [2.45, 2.75) is 0 Å². The highest BCUT2D eigenvalue weighted by Gasteiger charge is 2.45. The Labute approximate surface area is 147 Å². The second kappa shape index (κ2) is 8.67. The van der Waals surface area contributed by atoms with Gasteiger partial charge in [0, 0.05) is 54.4 Å². The monoisotopic (exact) mass is 356 g/mol. The largest absolute Gasteiger partial charge is 0.496 e. The average molecular weight is 356 g/mol. The Morgan fingerprint density at radius 3 is 1.46 bits per heavy atom. The molecule has 0 saturated heterocycles. The number of hydrogen-bond acceptors (Lipinski definition) is 6. The number of rotatable bonds is 8. The maximum Gasteiger partial charge on any atom is 0.253 e. The first kappa shape index (κ1) is 20.7. The molecule has 0 N–H and O–H groups in total. The van der Waals surface area contributed by atoms with Gasteiger partial charge in [-0.1, -0.05) is 0 Å². The molecule has 6 nitrogen and oxygen atoms in total. The van der Waals surface area contributed by atoms with E-state index in [4.69, 9.17) is 14.2 Å². The van der Waals surface area contributed by atoms with Crippen molar-refractivity contribution >= 4 is 13.8 Å². The molecule has 0 spiro atoms. The topological polar surface area (TPSA) is 37.4 Å². The van der Waals surface area contributed by atoms with Gasteiger partial charge in [0.1, 0.15) is 23.1 Å². The second-order valence-corrected chi connectivity index (χ2v) is 9.85. The molecular weight excluding hydrogens is 325 g/mol. The zero-order valence-corrected chi connectivity index (χ0v) is 17.2. The van der Waals surface area contributed by atoms with E-state index < -0.39 is 7.71 Å². The molecule has 0 atom stereocenters. The number of ether oxygens (including phenoxy) is 3. The third-order valence-electron chi connectivity index (χ3n) is 3.96. The molecular formula is C17H31N3O3P+. The van der Waals surface area contributed by atoms with Crippen LogP contribution in [0.15, 0.2) is 17.9 Å². The standard InChI is InChI=1S/C17H31N3O3P/c1-18(2)24(19(3)4,20(5)6)11-10-15-16(22-8)12-14(21-7)13-17(15)23-9/h10-13H,1-9H3/q+1/b11-10+. The lowest BCUT2D eigenvalue weighted by Gasteiger charge is -2.37. The fraction of sp³-hybridized carbons (Fsp3) is 0.529. The summed E-state index contributed by atoms with van der Waals surface area (Å²) < 4.78 is 23.2. The van der Waals surface area contributed by atoms with Crippen LogP contribution in [0.3, 0.4) is 0 Å². The molecule has 0 saturated carbocycles. The second-order valence-electron chi connectivity index (χ2n) is 5.92. The van der Waals surface area contributed by atoms with Crippen LogP contribution >= 0.6 is 7.71 Å². The first-order valence-corrected chi connectivity index (χ1v) is 9.37. The third-order valence-corrected chi connectivity index (χ3v) is 8.04. The molecule has 24 heavy (non-hydrogen) atoms. The maximum absolute atomic E-state index is 5.54. The molecule has 0 heterocycles. The average Bonchev–Trinajstić information content (AvgIpc) is 2.53. The van der Waals surface area contributed by atoms with E-state index in [9.17, 15) is 0 Å². The lowest BCUT2D eigenvalue weighted by Crippen LogP contribution is -2.34. The van der Waals surface area contributed by atoms with Gasteiger partial charge in [0.2, 0.25) is 0 Å². The van der Waals surface area contributed by atoms with E-state index in [1.165, 1.54) is 0 Å². The first-order valence-electron chi connectivity index (χ1n) is 7.66. The van der Waals surface area contributed by atoms with E-state index in [1.807, 2.05) is 12.1 Å². The Hall–Kier alpha value is -1.33. The van der Waals surface area contributed by atoms with Crippen molar-refractivity contribution in [3.63, 3.8) is 0 Å². The van der Waals surface area contributed by atoms with Gasteiger partial charge in [0.15, 0.2) is 0 Å². The molecule has 136 valence electrons. The zero-order valence-electron chi connectivity index (χ0n) is 16.3. The molecule has 0 aromatic heterocycles. The van der Waals surface area contributed by atoms with Crippen LogP contribution in [0.2, 0.25) is 0 Å². The molecule has 0 amide bonds. The van der Waals surface area contributed by atoms with Crippen LogP contribution in [0.4, 0.5) is 0 Å². The summed E-state index contributed by atoms with van der Waals surface area (Å²) in [4.78, 5) is 0. The smallest absolute Gasteiger partial charge is 0.253 e. The van der Waals surface area contributed by atoms with Gasteiger partial charge in [-0.2, -0.15) is 14.0 Å². The van der Waals surface area contributed by atoms with Crippen molar-refractivity contribution in [1.82, 2.24) is 14.0 Å². The fourth-order valence-electron chi connectivity index (χ4n) is 2.84. The van der Waals surface area contributed by atoms with Gasteiger partial charge in [-0.25, -0.2) is 0 Å². The van der Waals surface area contributed by atoms with Crippen LogP contribution in [0.25, 0.3) is 6.08 Å². The Kier molecular flexibility index (Phi) is 7.49. The van der Waals surface area contributed by atoms with Crippen molar-refractivity contribution in [2.24, 2.45) is 0 Å². The molecule has 0 aliphatic heterocycles. The van der Waals surface area contributed by atoms with Crippen molar-refractivity contribution in [3.8, 4) is 17.2 Å². The summed E-state index contributed by atoms with van der Waals surface area (Å²) in [6.07, 6.45) is 2.07. The quantitative estimate of drug-likeness (QED) is 0.666. The van der Waals surface area contributed by atoms with Gasteiger partial charge < -0.3 is 14.2 Å². The predicted molar refractivity (Wildman–Crippen MR) is 103 cm³/mol. The highest BCUT2D eigenvalue weighted by atomic mass is 31.2. The van der Waals surface area contributed by atoms with Crippen LogP contribution in [0.5, 0.6) is 17.2 Å². The van der Waals surface area contributed by atoms with Crippen molar-refractivity contribution in [2.75, 3.05) is 63.6 Å². The number of nitrogens with zero attached hydrogens (tertiary/aromatic N) is 3. The molecule has 7 heteroatoms. The van der Waals surface area contributed by atoms with E-state index in [0.29, 0.717) is 5.75 Å². The highest BCUT2D eigenvalue weighted by molar-refractivity contribution is 7.72. The van der Waals surface area contributed by atoms with Gasteiger partial charge >= 0.3 is 0 Å². The Morgan fingerprint density at radius 2 is 1.17 bits per heavy atom. The fourth-order valence-corrected chi connectivity index (χ4v) is 6.14. The Balaban J connectivity index is 3.48. The Bertz CT molecular complexity index is 527. The molecule has 0 aliphatic rings. The Morgan fingerprint density at radius 1 is 0.750 bits per heavy atom. The van der Waals surface area contributed by atoms with Crippen LogP contribution in [-0.2, 0) is 0 Å². The van der Waals surface area contributed by atoms with E-state index >= 15 is 0 Å². The van der Waals surface area contributed by atoms with Crippen LogP contribution in [0.1, 0.15) is 5.56 Å². The molecule has 1 rings (SSSR count). The van der Waals surface area contributed by atoms with Gasteiger partial charge in [0.25, 0.3) is 7.71 Å². The van der Waals surface area contributed by atoms with E-state index in [-0.39, 0.29) is 0 Å². The minimum atomic E-state index is -1.78. The molecule has 0 aliphatic carbocycles. The van der Waals surface area contributed by atoms with Crippen molar-refractivity contribution in [1.29, 1.82) is 0 Å². The maximum atomic E-state index is 5.54. The van der Waals surface area contributed by atoms with Gasteiger partial charge in [-0.05, 0) is 6.08 Å². The summed E-state index contributed by atoms with van der Waals surface area (Å²) in [5.74, 6) is 4.38. The molecule has 0 unspecified atom stereocenters. The van der Waals surface area contributed by atoms with Crippen LogP contribution in [-0.4, -0.2) is 77.6 Å². The summed E-state index contributed by atoms with van der Waals surface area (Å²) >= 11 is 0. The van der Waals surface area contributed by atoms with E-state index in [1.54, 1.807) is 21.3 Å². The van der Waals surface area contributed by atoms with Crippen LogP contribution < -0.4 is 14.2 Å². The minimum Gasteiger partial charge on any atom is -0.496 e. The molecule has 1 aromatic carbocycles. The summed E-state index contributed by atoms with van der Waals surface area (Å²) in [7, 11) is 15.7. The lowest BCUT2D eigenvalue weighted by atomic mass is 10.1. The normalized spacial score (nSPS) is 12.5. The van der Waals surface area contributed by atoms with Gasteiger partial charge in [-0.3, -0.25) is 0 Å². The van der Waals surface area contributed by atoms with Gasteiger partial charge in [0.05, 0.1) is 26.9 Å². The molecule has 0 radical (unpaired) electrons. The van der Waals surface area contributed by atoms with Crippen LogP contribution in [0, 0.1) is 0 Å². The van der Waals surface area contributed by atoms with Gasteiger partial charge in [-0.15, -0.1) is 0 Å². The lowest BCUT2D eigenvalue weighted by molar-refractivity contribution is 0.374. The SMILES string of the molecule is COc1cc(OC)c(/C=C/[P+](N(C)C)(N(C)C)N(C)C)c(OC)c1. The highest BCUT2D eigenvalue weighted by Crippen LogP contribution is 2.65. The number of benzene rings is 1. The molecule has 0 fully saturated rings. The number of methoxy groups -OCH3 is 3. The van der Waals surface area contributed by atoms with E-state index in [0.717, 1.165) is 17.1 Å². The summed E-state index contributed by atoms with van der Waals surface area (Å²) in [5, 5.41) is 0. The minimum absolute atomic E-state index is 0.703. The summed E-state index contributed by atoms with van der Waals surface area (Å²) in [5.41, 5.74) is 0.899. The predicted octanol–water partition coefficient (Wildman–Crippen LogP) is 3.13. The molecule has 1 aromatic rings. The third kappa shape index (κ3) is 4.01. The number of hydrogen-bond donors (Lipinski definition) is 0. The van der Waals surface area contributed by atoms with Crippen molar-refractivity contribution < 1.29 is 14.2 Å². The first-order chi connectivity index (χ1) is 11.2. The summed E-state index contributed by atoms with van der Waals surface area (Å²) in [6.45, 7) is 0. The summed E-state index contributed by atoms with van der Waals surface area (Å²) in [6, 6.07) is 3.73. The molecule has 0 bridgehead atoms. The zero-order chi connectivity index (χ0) is 18.5. The van der Waals surface area contributed by atoms with Crippen molar-refractivity contribution in [3.05, 3.63) is 23.5 Å². The van der Waals surface area contributed by atoms with E-state index in [2.05, 4.69) is 68.2 Å².